The lowest BCUT2D eigenvalue weighted by atomic mass is 9.78. The first-order chi connectivity index (χ1) is 28.5. The van der Waals surface area contributed by atoms with Gasteiger partial charge in [0.05, 0.1) is 0 Å². The number of benzene rings is 8. The molecule has 2 aromatic heterocycles. The Morgan fingerprint density at radius 1 is 0.362 bits per heavy atom. The van der Waals surface area contributed by atoms with E-state index in [-0.39, 0.29) is 5.41 Å². The van der Waals surface area contributed by atoms with Crippen LogP contribution < -0.4 is 0 Å². The molecule has 2 heterocycles. The van der Waals surface area contributed by atoms with E-state index in [1.165, 1.54) is 38.9 Å². The Morgan fingerprint density at radius 3 is 1.67 bits per heavy atom. The van der Waals surface area contributed by atoms with E-state index < -0.39 is 0 Å². The minimum atomic E-state index is -0.107. The summed E-state index contributed by atoms with van der Waals surface area (Å²) in [4.78, 5) is 15.3. The second-order valence-electron chi connectivity index (χ2n) is 15.6. The zero-order valence-corrected chi connectivity index (χ0v) is 32.1. The van der Waals surface area contributed by atoms with Gasteiger partial charge in [0.1, 0.15) is 11.2 Å². The van der Waals surface area contributed by atoms with Crippen LogP contribution in [0.2, 0.25) is 0 Å². The first kappa shape index (κ1) is 33.9. The maximum Gasteiger partial charge on any atom is 0.164 e. The third kappa shape index (κ3) is 5.56. The Hall–Kier alpha value is -7.43. The van der Waals surface area contributed by atoms with Gasteiger partial charge in [-0.25, -0.2) is 15.0 Å². The molecule has 58 heavy (non-hydrogen) atoms. The monoisotopic (exact) mass is 743 g/mol. The van der Waals surface area contributed by atoms with E-state index in [2.05, 4.69) is 153 Å². The van der Waals surface area contributed by atoms with Crippen molar-refractivity contribution in [1.29, 1.82) is 0 Å². The molecule has 0 unspecified atom stereocenters. The molecular formula is C54H37N3O. The summed E-state index contributed by atoms with van der Waals surface area (Å²) in [5.74, 6) is 1.83. The lowest BCUT2D eigenvalue weighted by molar-refractivity contribution is 0.662. The SMILES string of the molecule is CC1(C)c2ccccc2-c2cccc(-c3cccc(-c4ccc5oc6cccc(-c7nc(-c8ccccc8)nc(-c8ccc(-c9ccccc9)cc8)n7)c6c5c4)c3)c21. The number of rotatable bonds is 6. The lowest BCUT2D eigenvalue weighted by Gasteiger charge is -2.24. The standard InChI is InChI=1S/C54H37N3O/c1-54(2)46-24-10-9-20-42(46)43-22-12-21-41(50(43)54)40-19-11-18-38(32-40)39-30-31-47-45(33-39)49-44(23-13-25-48(49)58-47)53-56-51(36-16-7-4-8-17-36)55-52(57-53)37-28-26-35(27-29-37)34-14-5-3-6-15-34/h3-33H,1-2H3. The highest BCUT2D eigenvalue weighted by atomic mass is 16.3. The molecule has 0 saturated carbocycles. The molecule has 0 radical (unpaired) electrons. The first-order valence-corrected chi connectivity index (χ1v) is 19.8. The highest BCUT2D eigenvalue weighted by Crippen LogP contribution is 2.52. The smallest absolute Gasteiger partial charge is 0.164 e. The Labute approximate surface area is 337 Å². The molecule has 10 aromatic rings. The van der Waals surface area contributed by atoms with Gasteiger partial charge < -0.3 is 4.42 Å². The van der Waals surface area contributed by atoms with Crippen molar-refractivity contribution < 1.29 is 4.42 Å². The quantitative estimate of drug-likeness (QED) is 0.170. The van der Waals surface area contributed by atoms with Gasteiger partial charge in [0, 0.05) is 32.9 Å². The van der Waals surface area contributed by atoms with Crippen LogP contribution in [0.25, 0.3) is 101 Å². The molecule has 274 valence electrons. The van der Waals surface area contributed by atoms with Crippen LogP contribution in [0, 0.1) is 0 Å². The van der Waals surface area contributed by atoms with Crippen molar-refractivity contribution in [3.05, 3.63) is 199 Å². The minimum Gasteiger partial charge on any atom is -0.456 e. The van der Waals surface area contributed by atoms with Gasteiger partial charge in [0.2, 0.25) is 0 Å². The van der Waals surface area contributed by atoms with Gasteiger partial charge in [-0.15, -0.1) is 0 Å². The average Bonchev–Trinajstić information content (AvgIpc) is 3.78. The maximum atomic E-state index is 6.52. The molecular weight excluding hydrogens is 707 g/mol. The average molecular weight is 744 g/mol. The fourth-order valence-electron chi connectivity index (χ4n) is 8.93. The molecule has 4 nitrogen and oxygen atoms in total. The van der Waals surface area contributed by atoms with Crippen molar-refractivity contribution in [3.8, 4) is 78.7 Å². The summed E-state index contributed by atoms with van der Waals surface area (Å²) in [7, 11) is 0. The Bertz CT molecular complexity index is 3180. The van der Waals surface area contributed by atoms with Gasteiger partial charge in [0.15, 0.2) is 17.5 Å². The van der Waals surface area contributed by atoms with Crippen molar-refractivity contribution in [2.24, 2.45) is 0 Å². The van der Waals surface area contributed by atoms with Gasteiger partial charge in [-0.2, -0.15) is 0 Å². The van der Waals surface area contributed by atoms with Crippen LogP contribution in [-0.4, -0.2) is 15.0 Å². The summed E-state index contributed by atoms with van der Waals surface area (Å²) >= 11 is 0. The van der Waals surface area contributed by atoms with E-state index in [9.17, 15) is 0 Å². The van der Waals surface area contributed by atoms with Gasteiger partial charge in [-0.05, 0) is 79.9 Å². The molecule has 0 fully saturated rings. The van der Waals surface area contributed by atoms with Gasteiger partial charge in [-0.1, -0.05) is 178 Å². The van der Waals surface area contributed by atoms with E-state index in [1.807, 2.05) is 48.5 Å². The van der Waals surface area contributed by atoms with E-state index in [4.69, 9.17) is 19.4 Å². The maximum absolute atomic E-state index is 6.52. The van der Waals surface area contributed by atoms with E-state index in [0.717, 1.165) is 55.3 Å². The fraction of sp³-hybridized carbons (Fsp3) is 0.0556. The molecule has 0 atom stereocenters. The summed E-state index contributed by atoms with van der Waals surface area (Å²) in [5, 5.41) is 1.99. The van der Waals surface area contributed by atoms with Crippen LogP contribution in [0.5, 0.6) is 0 Å². The van der Waals surface area contributed by atoms with Gasteiger partial charge >= 0.3 is 0 Å². The van der Waals surface area contributed by atoms with Crippen molar-refractivity contribution in [2.45, 2.75) is 19.3 Å². The molecule has 0 N–H and O–H groups in total. The Kier molecular flexibility index (Phi) is 7.80. The summed E-state index contributed by atoms with van der Waals surface area (Å²) in [6.45, 7) is 4.70. The van der Waals surface area contributed by atoms with Crippen molar-refractivity contribution in [1.82, 2.24) is 15.0 Å². The van der Waals surface area contributed by atoms with Crippen molar-refractivity contribution in [3.63, 3.8) is 0 Å². The van der Waals surface area contributed by atoms with Crippen LogP contribution in [0.1, 0.15) is 25.0 Å². The summed E-state index contributed by atoms with van der Waals surface area (Å²) in [6, 6.07) is 66.1. The largest absolute Gasteiger partial charge is 0.456 e. The second kappa shape index (κ2) is 13.4. The molecule has 1 aliphatic rings. The summed E-state index contributed by atoms with van der Waals surface area (Å²) < 4.78 is 6.52. The molecule has 0 spiro atoms. The van der Waals surface area contributed by atoms with Crippen LogP contribution in [0.3, 0.4) is 0 Å². The van der Waals surface area contributed by atoms with Crippen LogP contribution in [0.4, 0.5) is 0 Å². The summed E-state index contributed by atoms with van der Waals surface area (Å²) in [6.07, 6.45) is 0. The molecule has 11 rings (SSSR count). The van der Waals surface area contributed by atoms with E-state index >= 15 is 0 Å². The molecule has 0 aliphatic heterocycles. The second-order valence-corrected chi connectivity index (χ2v) is 15.6. The van der Waals surface area contributed by atoms with Crippen LogP contribution in [0.15, 0.2) is 192 Å². The van der Waals surface area contributed by atoms with Crippen LogP contribution in [-0.2, 0) is 5.41 Å². The number of nitrogens with zero attached hydrogens (tertiary/aromatic N) is 3. The highest BCUT2D eigenvalue weighted by Gasteiger charge is 2.37. The topological polar surface area (TPSA) is 51.8 Å². The summed E-state index contributed by atoms with van der Waals surface area (Å²) in [5.41, 5.74) is 16.7. The number of fused-ring (bicyclic) bond motifs is 6. The molecule has 8 aromatic carbocycles. The molecule has 0 saturated heterocycles. The normalized spacial score (nSPS) is 12.8. The molecule has 0 bridgehead atoms. The predicted molar refractivity (Wildman–Crippen MR) is 237 cm³/mol. The van der Waals surface area contributed by atoms with Crippen molar-refractivity contribution >= 4 is 21.9 Å². The number of aromatic nitrogens is 3. The molecule has 4 heteroatoms. The van der Waals surface area contributed by atoms with E-state index in [1.54, 1.807) is 0 Å². The zero-order valence-electron chi connectivity index (χ0n) is 32.1. The molecule has 1 aliphatic carbocycles. The Balaban J connectivity index is 1.03. The zero-order chi connectivity index (χ0) is 38.8. The third-order valence-corrected chi connectivity index (χ3v) is 11.7. The van der Waals surface area contributed by atoms with Gasteiger partial charge in [0.25, 0.3) is 0 Å². The number of hydrogen-bond acceptors (Lipinski definition) is 4. The third-order valence-electron chi connectivity index (χ3n) is 11.7. The fourth-order valence-corrected chi connectivity index (χ4v) is 8.93. The van der Waals surface area contributed by atoms with E-state index in [0.29, 0.717) is 17.5 Å². The minimum absolute atomic E-state index is 0.107. The first-order valence-electron chi connectivity index (χ1n) is 19.8. The Morgan fingerprint density at radius 2 is 0.879 bits per heavy atom. The number of furan rings is 1. The van der Waals surface area contributed by atoms with Crippen molar-refractivity contribution in [2.75, 3.05) is 0 Å². The van der Waals surface area contributed by atoms with Gasteiger partial charge in [-0.3, -0.25) is 0 Å². The van der Waals surface area contributed by atoms with Crippen LogP contribution >= 0.6 is 0 Å². The predicted octanol–water partition coefficient (Wildman–Crippen LogP) is 14.1. The molecule has 0 amide bonds. The number of hydrogen-bond donors (Lipinski definition) is 0. The highest BCUT2D eigenvalue weighted by molar-refractivity contribution is 6.13. The lowest BCUT2D eigenvalue weighted by Crippen LogP contribution is -2.16.